The molecule has 1 amide bonds. The van der Waals surface area contributed by atoms with Crippen molar-refractivity contribution in [2.75, 3.05) is 12.4 Å². The highest BCUT2D eigenvalue weighted by Crippen LogP contribution is 2.21. The fourth-order valence-corrected chi connectivity index (χ4v) is 3.05. The number of nitrogens with one attached hydrogen (secondary N) is 1. The molecule has 1 heterocycles. The fourth-order valence-electron chi connectivity index (χ4n) is 2.09. The van der Waals surface area contributed by atoms with Crippen molar-refractivity contribution in [3.8, 4) is 5.75 Å². The van der Waals surface area contributed by atoms with Gasteiger partial charge in [-0.15, -0.1) is 10.2 Å². The summed E-state index contributed by atoms with van der Waals surface area (Å²) in [5.41, 5.74) is 1.58. The van der Waals surface area contributed by atoms with Crippen molar-refractivity contribution in [1.82, 2.24) is 10.2 Å². The predicted molar refractivity (Wildman–Crippen MR) is 95.1 cm³/mol. The largest absolute Gasteiger partial charge is 0.497 e. The lowest BCUT2D eigenvalue weighted by molar-refractivity contribution is 0.102. The van der Waals surface area contributed by atoms with Crippen LogP contribution in [0.25, 0.3) is 0 Å². The highest BCUT2D eigenvalue weighted by molar-refractivity contribution is 7.15. The van der Waals surface area contributed by atoms with Gasteiger partial charge in [-0.3, -0.25) is 10.1 Å². The van der Waals surface area contributed by atoms with Crippen LogP contribution in [0.1, 0.15) is 20.9 Å². The van der Waals surface area contributed by atoms with Gasteiger partial charge in [0.15, 0.2) is 0 Å². The van der Waals surface area contributed by atoms with Gasteiger partial charge in [0.1, 0.15) is 10.8 Å². The highest BCUT2D eigenvalue weighted by atomic mass is 35.5. The van der Waals surface area contributed by atoms with Crippen LogP contribution in [0.3, 0.4) is 0 Å². The zero-order chi connectivity index (χ0) is 16.9. The first kappa shape index (κ1) is 16.4. The molecule has 2 aromatic carbocycles. The number of methoxy groups -OCH3 is 1. The maximum atomic E-state index is 12.2. The Morgan fingerprint density at radius 1 is 1.21 bits per heavy atom. The number of rotatable bonds is 5. The van der Waals surface area contributed by atoms with E-state index < -0.39 is 0 Å². The van der Waals surface area contributed by atoms with Crippen LogP contribution in [0.4, 0.5) is 5.13 Å². The van der Waals surface area contributed by atoms with Gasteiger partial charge in [-0.1, -0.05) is 41.1 Å². The van der Waals surface area contributed by atoms with Crippen molar-refractivity contribution in [2.45, 2.75) is 6.42 Å². The molecule has 122 valence electrons. The molecule has 0 saturated carbocycles. The van der Waals surface area contributed by atoms with E-state index in [0.29, 0.717) is 22.1 Å². The molecule has 0 saturated heterocycles. The number of carbonyl (C=O) groups excluding carboxylic acids is 1. The van der Waals surface area contributed by atoms with Gasteiger partial charge in [0.25, 0.3) is 5.91 Å². The second kappa shape index (κ2) is 7.42. The van der Waals surface area contributed by atoms with E-state index in [1.807, 2.05) is 24.3 Å². The minimum atomic E-state index is -0.260. The average molecular weight is 360 g/mol. The molecule has 0 aliphatic heterocycles. The van der Waals surface area contributed by atoms with E-state index >= 15 is 0 Å². The summed E-state index contributed by atoms with van der Waals surface area (Å²) in [6.07, 6.45) is 0.648. The van der Waals surface area contributed by atoms with Crippen LogP contribution in [-0.2, 0) is 6.42 Å². The van der Waals surface area contributed by atoms with Crippen molar-refractivity contribution >= 4 is 34.0 Å². The molecule has 0 bridgehead atoms. The second-order valence-electron chi connectivity index (χ2n) is 4.99. The Labute approximate surface area is 148 Å². The highest BCUT2D eigenvalue weighted by Gasteiger charge is 2.11. The molecule has 3 aromatic rings. The predicted octanol–water partition coefficient (Wildman–Crippen LogP) is 4.04. The molecule has 0 aliphatic carbocycles. The number of aromatic nitrogens is 2. The molecular weight excluding hydrogens is 346 g/mol. The zero-order valence-electron chi connectivity index (χ0n) is 12.8. The number of amides is 1. The lowest BCUT2D eigenvalue weighted by atomic mass is 10.1. The summed E-state index contributed by atoms with van der Waals surface area (Å²) in [5, 5.41) is 12.7. The van der Waals surface area contributed by atoms with Gasteiger partial charge >= 0.3 is 0 Å². The molecule has 0 aliphatic rings. The summed E-state index contributed by atoms with van der Waals surface area (Å²) in [4.78, 5) is 12.2. The number of halogens is 1. The van der Waals surface area contributed by atoms with Crippen molar-refractivity contribution in [1.29, 1.82) is 0 Å². The van der Waals surface area contributed by atoms with Crippen LogP contribution in [0.5, 0.6) is 5.75 Å². The average Bonchev–Trinajstić information content (AvgIpc) is 3.02. The van der Waals surface area contributed by atoms with Gasteiger partial charge in [-0.2, -0.15) is 0 Å². The van der Waals surface area contributed by atoms with Crippen LogP contribution < -0.4 is 10.1 Å². The summed E-state index contributed by atoms with van der Waals surface area (Å²) >= 11 is 7.24. The smallest absolute Gasteiger partial charge is 0.257 e. The minimum absolute atomic E-state index is 0.260. The van der Waals surface area contributed by atoms with E-state index in [2.05, 4.69) is 15.5 Å². The number of carbonyl (C=O) groups is 1. The molecule has 0 unspecified atom stereocenters. The van der Waals surface area contributed by atoms with Crippen LogP contribution in [0, 0.1) is 0 Å². The Bertz CT molecular complexity index is 849. The van der Waals surface area contributed by atoms with Gasteiger partial charge in [0, 0.05) is 17.0 Å². The number of hydrogen-bond acceptors (Lipinski definition) is 5. The Morgan fingerprint density at radius 3 is 2.71 bits per heavy atom. The molecule has 0 radical (unpaired) electrons. The monoisotopic (exact) mass is 359 g/mol. The van der Waals surface area contributed by atoms with Crippen LogP contribution >= 0.6 is 22.9 Å². The molecule has 1 N–H and O–H groups in total. The normalized spacial score (nSPS) is 10.4. The maximum absolute atomic E-state index is 12.2. The first-order valence-electron chi connectivity index (χ1n) is 7.16. The third-order valence-corrected chi connectivity index (χ3v) is 4.36. The lowest BCUT2D eigenvalue weighted by Gasteiger charge is -2.01. The summed E-state index contributed by atoms with van der Waals surface area (Å²) in [6, 6.07) is 14.5. The number of ether oxygens (including phenoxy) is 1. The molecular formula is C17H14ClN3O2S. The topological polar surface area (TPSA) is 64.1 Å². The van der Waals surface area contributed by atoms with Crippen molar-refractivity contribution in [2.24, 2.45) is 0 Å². The fraction of sp³-hybridized carbons (Fsp3) is 0.118. The van der Waals surface area contributed by atoms with Crippen molar-refractivity contribution in [3.63, 3.8) is 0 Å². The first-order valence-corrected chi connectivity index (χ1v) is 8.36. The Morgan fingerprint density at radius 2 is 2.00 bits per heavy atom. The van der Waals surface area contributed by atoms with Crippen molar-refractivity contribution < 1.29 is 9.53 Å². The molecule has 24 heavy (non-hydrogen) atoms. The third kappa shape index (κ3) is 4.10. The van der Waals surface area contributed by atoms with E-state index in [1.165, 1.54) is 11.3 Å². The van der Waals surface area contributed by atoms with Gasteiger partial charge in [0.2, 0.25) is 5.13 Å². The lowest BCUT2D eigenvalue weighted by Crippen LogP contribution is -2.11. The maximum Gasteiger partial charge on any atom is 0.257 e. The van der Waals surface area contributed by atoms with Gasteiger partial charge in [0.05, 0.1) is 7.11 Å². The number of benzene rings is 2. The Hall–Kier alpha value is -2.44. The van der Waals surface area contributed by atoms with Crippen LogP contribution in [0.2, 0.25) is 5.02 Å². The second-order valence-corrected chi connectivity index (χ2v) is 6.49. The van der Waals surface area contributed by atoms with E-state index in [4.69, 9.17) is 16.3 Å². The molecule has 3 rings (SSSR count). The van der Waals surface area contributed by atoms with Gasteiger partial charge in [-0.25, -0.2) is 0 Å². The van der Waals surface area contributed by atoms with Gasteiger partial charge < -0.3 is 4.74 Å². The van der Waals surface area contributed by atoms with E-state index in [9.17, 15) is 4.79 Å². The molecule has 1 aromatic heterocycles. The van der Waals surface area contributed by atoms with Crippen molar-refractivity contribution in [3.05, 3.63) is 69.7 Å². The summed E-state index contributed by atoms with van der Waals surface area (Å²) in [5.74, 6) is 0.551. The SMILES string of the molecule is COc1ccc(Cc2nnc(NC(=O)c3cccc(Cl)c3)s2)cc1. The molecule has 5 nitrogen and oxygen atoms in total. The summed E-state index contributed by atoms with van der Waals surface area (Å²) < 4.78 is 5.14. The zero-order valence-corrected chi connectivity index (χ0v) is 14.4. The molecule has 0 atom stereocenters. The third-order valence-electron chi connectivity index (χ3n) is 3.29. The Balaban J connectivity index is 1.65. The van der Waals surface area contributed by atoms with E-state index in [1.54, 1.807) is 31.4 Å². The molecule has 0 spiro atoms. The standard InChI is InChI=1S/C17H14ClN3O2S/c1-23-14-7-5-11(6-8-14)9-15-20-21-17(24-15)19-16(22)12-3-2-4-13(18)10-12/h2-8,10H,9H2,1H3,(H,19,21,22). The summed E-state index contributed by atoms with van der Waals surface area (Å²) in [6.45, 7) is 0. The van der Waals surface area contributed by atoms with Gasteiger partial charge in [-0.05, 0) is 35.9 Å². The summed E-state index contributed by atoms with van der Waals surface area (Å²) in [7, 11) is 1.63. The minimum Gasteiger partial charge on any atom is -0.497 e. The quantitative estimate of drug-likeness (QED) is 0.746. The number of hydrogen-bond donors (Lipinski definition) is 1. The molecule has 7 heteroatoms. The van der Waals surface area contributed by atoms with Crippen LogP contribution in [-0.4, -0.2) is 23.2 Å². The van der Waals surface area contributed by atoms with E-state index in [-0.39, 0.29) is 5.91 Å². The number of anilines is 1. The number of nitrogens with zero attached hydrogens (tertiary/aromatic N) is 2. The Kier molecular flexibility index (Phi) is 5.08. The van der Waals surface area contributed by atoms with E-state index in [0.717, 1.165) is 16.3 Å². The van der Waals surface area contributed by atoms with Crippen LogP contribution in [0.15, 0.2) is 48.5 Å². The molecule has 0 fully saturated rings. The first-order chi connectivity index (χ1) is 11.6.